The average Bonchev–Trinajstić information content (AvgIpc) is 2.41. The van der Waals surface area contributed by atoms with Gasteiger partial charge < -0.3 is 21.7 Å². The number of hydrogen-bond acceptors (Lipinski definition) is 5. The number of nitrogens with zero attached hydrogens (tertiary/aromatic N) is 2. The Bertz CT molecular complexity index is 490. The molecule has 5 N–H and O–H groups in total. The summed E-state index contributed by atoms with van der Waals surface area (Å²) in [5, 5.41) is 3.33. The minimum Gasteiger partial charge on any atom is -0.396 e. The molecule has 1 aliphatic rings. The molecule has 1 unspecified atom stereocenters. The van der Waals surface area contributed by atoms with Crippen molar-refractivity contribution in [2.75, 3.05) is 51.3 Å². The lowest BCUT2D eigenvalue weighted by molar-refractivity contribution is 0.100. The number of amides is 1. The van der Waals surface area contributed by atoms with Crippen LogP contribution in [0.5, 0.6) is 0 Å². The molecule has 1 atom stereocenters. The van der Waals surface area contributed by atoms with E-state index in [0.29, 0.717) is 17.3 Å². The fraction of sp³-hybridized carbons (Fsp3) is 0.500. The second kappa shape index (κ2) is 6.11. The predicted molar refractivity (Wildman–Crippen MR) is 81.8 cm³/mol. The van der Waals surface area contributed by atoms with Crippen LogP contribution in [0.4, 0.5) is 11.4 Å². The number of para-hydroxylation sites is 1. The number of carbonyl (C=O) groups excluding carboxylic acids is 1. The summed E-state index contributed by atoms with van der Waals surface area (Å²) in [4.78, 5) is 15.9. The van der Waals surface area contributed by atoms with Crippen LogP contribution in [0.1, 0.15) is 10.4 Å². The maximum Gasteiger partial charge on any atom is 0.250 e. The Hall–Kier alpha value is -1.79. The number of likely N-dealkylation sites (N-methyl/N-ethyl adjacent to an activating group) is 2. The standard InChI is InChI=1S/C14H23N5O/c1-18-6-7-19(2)10(9-18)8-17-12-5-3-4-11(13(12)15)14(16)20/h3-5,10,17H,6-9,15H2,1-2H3,(H2,16,20). The zero-order valence-corrected chi connectivity index (χ0v) is 12.1. The van der Waals surface area contributed by atoms with Crippen molar-refractivity contribution in [1.82, 2.24) is 9.80 Å². The van der Waals surface area contributed by atoms with Crippen LogP contribution in [0.25, 0.3) is 0 Å². The van der Waals surface area contributed by atoms with Gasteiger partial charge in [-0.25, -0.2) is 0 Å². The summed E-state index contributed by atoms with van der Waals surface area (Å²) in [7, 11) is 4.25. The van der Waals surface area contributed by atoms with Gasteiger partial charge in [0.2, 0.25) is 0 Å². The van der Waals surface area contributed by atoms with Gasteiger partial charge in [-0.05, 0) is 26.2 Å². The number of hydrogen-bond donors (Lipinski definition) is 3. The Balaban J connectivity index is 2.03. The van der Waals surface area contributed by atoms with Crippen LogP contribution in [0.2, 0.25) is 0 Å². The first-order valence-electron chi connectivity index (χ1n) is 6.80. The Morgan fingerprint density at radius 2 is 2.15 bits per heavy atom. The maximum absolute atomic E-state index is 11.3. The molecule has 6 heteroatoms. The number of anilines is 2. The van der Waals surface area contributed by atoms with Gasteiger partial charge in [-0.2, -0.15) is 0 Å². The second-order valence-electron chi connectivity index (χ2n) is 5.41. The normalized spacial score (nSPS) is 20.8. The highest BCUT2D eigenvalue weighted by molar-refractivity contribution is 6.00. The Morgan fingerprint density at radius 3 is 2.85 bits per heavy atom. The van der Waals surface area contributed by atoms with Crippen LogP contribution in [0.3, 0.4) is 0 Å². The smallest absolute Gasteiger partial charge is 0.250 e. The van der Waals surface area contributed by atoms with Gasteiger partial charge in [-0.1, -0.05) is 6.07 Å². The fourth-order valence-electron chi connectivity index (χ4n) is 2.48. The molecule has 0 spiro atoms. The molecule has 2 rings (SSSR count). The number of primary amides is 1. The van der Waals surface area contributed by atoms with Crippen molar-refractivity contribution in [2.45, 2.75) is 6.04 Å². The van der Waals surface area contributed by atoms with Crippen LogP contribution in [-0.4, -0.2) is 62.0 Å². The topological polar surface area (TPSA) is 87.6 Å². The molecule has 0 aliphatic carbocycles. The van der Waals surface area contributed by atoms with Crippen LogP contribution < -0.4 is 16.8 Å². The highest BCUT2D eigenvalue weighted by Crippen LogP contribution is 2.22. The van der Waals surface area contributed by atoms with Crippen molar-refractivity contribution in [3.8, 4) is 0 Å². The summed E-state index contributed by atoms with van der Waals surface area (Å²) in [5.41, 5.74) is 12.8. The van der Waals surface area contributed by atoms with Crippen molar-refractivity contribution >= 4 is 17.3 Å². The largest absolute Gasteiger partial charge is 0.396 e. The molecular weight excluding hydrogens is 254 g/mol. The van der Waals surface area contributed by atoms with E-state index in [4.69, 9.17) is 11.5 Å². The van der Waals surface area contributed by atoms with Gasteiger partial charge in [0, 0.05) is 32.2 Å². The Kier molecular flexibility index (Phi) is 4.46. The minimum atomic E-state index is -0.499. The van der Waals surface area contributed by atoms with Gasteiger partial charge in [0.25, 0.3) is 5.91 Å². The number of piperazine rings is 1. The van der Waals surface area contributed by atoms with E-state index < -0.39 is 5.91 Å². The van der Waals surface area contributed by atoms with E-state index in [1.54, 1.807) is 12.1 Å². The molecule has 1 aromatic carbocycles. The van der Waals surface area contributed by atoms with Gasteiger partial charge in [-0.3, -0.25) is 9.69 Å². The first-order valence-corrected chi connectivity index (χ1v) is 6.80. The molecule has 1 fully saturated rings. The molecule has 1 aromatic rings. The summed E-state index contributed by atoms with van der Waals surface area (Å²) in [5.74, 6) is -0.499. The second-order valence-corrected chi connectivity index (χ2v) is 5.41. The first kappa shape index (κ1) is 14.6. The van der Waals surface area contributed by atoms with Crippen molar-refractivity contribution in [2.24, 2.45) is 5.73 Å². The van der Waals surface area contributed by atoms with Crippen molar-refractivity contribution in [1.29, 1.82) is 0 Å². The van der Waals surface area contributed by atoms with Crippen molar-refractivity contribution < 1.29 is 4.79 Å². The van der Waals surface area contributed by atoms with Gasteiger partial charge in [0.1, 0.15) is 0 Å². The summed E-state index contributed by atoms with van der Waals surface area (Å²) < 4.78 is 0. The molecule has 0 radical (unpaired) electrons. The monoisotopic (exact) mass is 277 g/mol. The van der Waals surface area contributed by atoms with Crippen molar-refractivity contribution in [3.63, 3.8) is 0 Å². The van der Waals surface area contributed by atoms with Crippen LogP contribution in [0.15, 0.2) is 18.2 Å². The third kappa shape index (κ3) is 3.20. The molecule has 0 bridgehead atoms. The highest BCUT2D eigenvalue weighted by Gasteiger charge is 2.22. The number of carbonyl (C=O) groups is 1. The Labute approximate surface area is 119 Å². The summed E-state index contributed by atoms with van der Waals surface area (Å²) in [6, 6.07) is 5.72. The molecule has 6 nitrogen and oxygen atoms in total. The third-order valence-corrected chi connectivity index (χ3v) is 3.88. The molecule has 1 heterocycles. The number of nitrogen functional groups attached to an aromatic ring is 1. The third-order valence-electron chi connectivity index (χ3n) is 3.88. The van der Waals surface area contributed by atoms with Crippen molar-refractivity contribution in [3.05, 3.63) is 23.8 Å². The number of nitrogens with one attached hydrogen (secondary N) is 1. The highest BCUT2D eigenvalue weighted by atomic mass is 16.1. The molecule has 1 aliphatic heterocycles. The molecule has 0 saturated carbocycles. The lowest BCUT2D eigenvalue weighted by atomic mass is 10.1. The average molecular weight is 277 g/mol. The van der Waals surface area contributed by atoms with E-state index in [2.05, 4.69) is 29.2 Å². The van der Waals surface area contributed by atoms with Gasteiger partial charge in [0.15, 0.2) is 0 Å². The molecule has 20 heavy (non-hydrogen) atoms. The predicted octanol–water partition coefficient (Wildman–Crippen LogP) is 0.0254. The first-order chi connectivity index (χ1) is 9.49. The van der Waals surface area contributed by atoms with Gasteiger partial charge >= 0.3 is 0 Å². The summed E-state index contributed by atoms with van der Waals surface area (Å²) in [6.45, 7) is 3.94. The minimum absolute atomic E-state index is 0.365. The van der Waals surface area contributed by atoms with E-state index in [9.17, 15) is 4.79 Å². The van der Waals surface area contributed by atoms with Crippen LogP contribution in [0, 0.1) is 0 Å². The molecule has 1 saturated heterocycles. The van der Waals surface area contributed by atoms with Crippen LogP contribution >= 0.6 is 0 Å². The van der Waals surface area contributed by atoms with Gasteiger partial charge in [0.05, 0.1) is 16.9 Å². The lowest BCUT2D eigenvalue weighted by Gasteiger charge is -2.38. The lowest BCUT2D eigenvalue weighted by Crippen LogP contribution is -2.52. The number of benzene rings is 1. The van der Waals surface area contributed by atoms with Crippen LogP contribution in [-0.2, 0) is 0 Å². The summed E-state index contributed by atoms with van der Waals surface area (Å²) in [6.07, 6.45) is 0. The zero-order valence-electron chi connectivity index (χ0n) is 12.1. The van der Waals surface area contributed by atoms with E-state index >= 15 is 0 Å². The Morgan fingerprint density at radius 1 is 1.40 bits per heavy atom. The zero-order chi connectivity index (χ0) is 14.7. The number of rotatable bonds is 4. The molecule has 0 aromatic heterocycles. The van der Waals surface area contributed by atoms with E-state index in [1.165, 1.54) is 0 Å². The summed E-state index contributed by atoms with van der Waals surface area (Å²) >= 11 is 0. The molecular formula is C14H23N5O. The van der Waals surface area contributed by atoms with E-state index in [1.807, 2.05) is 6.07 Å². The maximum atomic E-state index is 11.3. The van der Waals surface area contributed by atoms with Gasteiger partial charge in [-0.15, -0.1) is 0 Å². The van der Waals surface area contributed by atoms with E-state index in [0.717, 1.165) is 31.9 Å². The SMILES string of the molecule is CN1CCN(C)C(CNc2cccc(C(N)=O)c2N)C1. The quantitative estimate of drug-likeness (QED) is 0.676. The number of nitrogens with two attached hydrogens (primary N) is 2. The fourth-order valence-corrected chi connectivity index (χ4v) is 2.48. The van der Waals surface area contributed by atoms with E-state index in [-0.39, 0.29) is 0 Å². The molecule has 110 valence electrons. The molecule has 1 amide bonds.